The number of benzene rings is 1. The van der Waals surface area contributed by atoms with Crippen LogP contribution in [0.5, 0.6) is 5.75 Å². The molecule has 1 aromatic carbocycles. The number of thiophene rings is 1. The molecule has 0 atom stereocenters. The number of methoxy groups -OCH3 is 1. The van der Waals surface area contributed by atoms with Crippen LogP contribution in [-0.2, 0) is 6.54 Å². The SMILES string of the molecule is CCNC(=NCc1ccc(OC)c(F)c1)N1CCN(c2cccs2)CC1.I. The normalized spacial score (nSPS) is 14.7. The number of halogens is 2. The molecule has 1 fully saturated rings. The van der Waals surface area contributed by atoms with Crippen molar-refractivity contribution in [2.45, 2.75) is 13.5 Å². The van der Waals surface area contributed by atoms with Crippen molar-refractivity contribution in [3.63, 3.8) is 0 Å². The van der Waals surface area contributed by atoms with Crippen LogP contribution in [0.2, 0.25) is 0 Å². The van der Waals surface area contributed by atoms with Crippen LogP contribution in [0.25, 0.3) is 0 Å². The van der Waals surface area contributed by atoms with Crippen LogP contribution < -0.4 is 15.0 Å². The second-order valence-electron chi connectivity index (χ2n) is 6.06. The van der Waals surface area contributed by atoms with Crippen LogP contribution in [0.15, 0.2) is 40.7 Å². The van der Waals surface area contributed by atoms with Crippen LogP contribution >= 0.6 is 35.3 Å². The molecular weight excluding hydrogens is 478 g/mol. The van der Waals surface area contributed by atoms with Gasteiger partial charge in [-0.05, 0) is 42.1 Å². The quantitative estimate of drug-likeness (QED) is 0.382. The number of hydrogen-bond donors (Lipinski definition) is 1. The maximum absolute atomic E-state index is 13.9. The Morgan fingerprint density at radius 1 is 1.26 bits per heavy atom. The number of anilines is 1. The number of piperazine rings is 1. The van der Waals surface area contributed by atoms with Crippen molar-refractivity contribution in [1.29, 1.82) is 0 Å². The molecular formula is C19H26FIN4OS. The Morgan fingerprint density at radius 3 is 2.63 bits per heavy atom. The third-order valence-electron chi connectivity index (χ3n) is 4.36. The molecule has 0 aliphatic carbocycles. The second-order valence-corrected chi connectivity index (χ2v) is 6.99. The Kier molecular flexibility index (Phi) is 8.62. The molecule has 1 N–H and O–H groups in total. The highest BCUT2D eigenvalue weighted by Crippen LogP contribution is 2.22. The van der Waals surface area contributed by atoms with Gasteiger partial charge in [0.15, 0.2) is 17.5 Å². The largest absolute Gasteiger partial charge is 0.494 e. The number of aliphatic imine (C=N–C) groups is 1. The second kappa shape index (κ2) is 10.7. The number of hydrogen-bond acceptors (Lipinski definition) is 4. The topological polar surface area (TPSA) is 40.1 Å². The van der Waals surface area contributed by atoms with E-state index in [0.29, 0.717) is 6.54 Å². The molecule has 1 aliphatic heterocycles. The number of nitrogens with one attached hydrogen (secondary N) is 1. The van der Waals surface area contributed by atoms with Gasteiger partial charge in [0.05, 0.1) is 18.7 Å². The maximum atomic E-state index is 13.9. The van der Waals surface area contributed by atoms with E-state index in [1.54, 1.807) is 17.4 Å². The zero-order valence-corrected chi connectivity index (χ0v) is 18.8. The smallest absolute Gasteiger partial charge is 0.194 e. The minimum Gasteiger partial charge on any atom is -0.494 e. The third-order valence-corrected chi connectivity index (χ3v) is 5.29. The summed E-state index contributed by atoms with van der Waals surface area (Å²) in [6.07, 6.45) is 0. The van der Waals surface area contributed by atoms with E-state index in [-0.39, 0.29) is 35.5 Å². The van der Waals surface area contributed by atoms with Gasteiger partial charge in [-0.1, -0.05) is 6.07 Å². The molecule has 0 spiro atoms. The number of ether oxygens (including phenoxy) is 1. The van der Waals surface area contributed by atoms with Gasteiger partial charge in [-0.15, -0.1) is 35.3 Å². The van der Waals surface area contributed by atoms with Gasteiger partial charge < -0.3 is 19.9 Å². The van der Waals surface area contributed by atoms with E-state index in [1.807, 2.05) is 6.07 Å². The van der Waals surface area contributed by atoms with E-state index in [0.717, 1.165) is 44.2 Å². The van der Waals surface area contributed by atoms with Gasteiger partial charge in [-0.2, -0.15) is 0 Å². The van der Waals surface area contributed by atoms with Crippen molar-refractivity contribution in [3.05, 3.63) is 47.1 Å². The molecule has 0 radical (unpaired) electrons. The minimum absolute atomic E-state index is 0. The Bertz CT molecular complexity index is 733. The van der Waals surface area contributed by atoms with Crippen LogP contribution in [0.1, 0.15) is 12.5 Å². The lowest BCUT2D eigenvalue weighted by molar-refractivity contribution is 0.373. The summed E-state index contributed by atoms with van der Waals surface area (Å²) < 4.78 is 18.8. The van der Waals surface area contributed by atoms with Crippen LogP contribution in [0, 0.1) is 5.82 Å². The van der Waals surface area contributed by atoms with E-state index < -0.39 is 0 Å². The average Bonchev–Trinajstić information content (AvgIpc) is 3.20. The number of guanidine groups is 1. The average molecular weight is 504 g/mol. The first-order valence-electron chi connectivity index (χ1n) is 8.85. The van der Waals surface area contributed by atoms with E-state index in [2.05, 4.69) is 39.6 Å². The fraction of sp³-hybridized carbons (Fsp3) is 0.421. The number of nitrogens with zero attached hydrogens (tertiary/aromatic N) is 3. The molecule has 0 unspecified atom stereocenters. The fourth-order valence-corrected chi connectivity index (χ4v) is 3.77. The summed E-state index contributed by atoms with van der Waals surface area (Å²) in [6, 6.07) is 9.24. The van der Waals surface area contributed by atoms with Crippen LogP contribution in [0.3, 0.4) is 0 Å². The van der Waals surface area contributed by atoms with Gasteiger partial charge in [-0.25, -0.2) is 9.38 Å². The minimum atomic E-state index is -0.352. The Hall–Kier alpha value is -1.55. The predicted octanol–water partition coefficient (Wildman–Crippen LogP) is 3.80. The van der Waals surface area contributed by atoms with Crippen molar-refractivity contribution >= 4 is 46.3 Å². The molecule has 1 aliphatic rings. The molecule has 27 heavy (non-hydrogen) atoms. The van der Waals surface area contributed by atoms with Gasteiger partial charge in [0.2, 0.25) is 0 Å². The first kappa shape index (κ1) is 21.7. The first-order valence-corrected chi connectivity index (χ1v) is 9.73. The van der Waals surface area contributed by atoms with Crippen LogP contribution in [0.4, 0.5) is 9.39 Å². The van der Waals surface area contributed by atoms with Gasteiger partial charge in [0, 0.05) is 32.7 Å². The van der Waals surface area contributed by atoms with E-state index in [4.69, 9.17) is 9.73 Å². The van der Waals surface area contributed by atoms with Crippen LogP contribution in [-0.4, -0.2) is 50.7 Å². The molecule has 1 aromatic heterocycles. The summed E-state index contributed by atoms with van der Waals surface area (Å²) in [5.74, 6) is 0.790. The first-order chi connectivity index (χ1) is 12.7. The molecule has 8 heteroatoms. The van der Waals surface area contributed by atoms with Crippen molar-refractivity contribution < 1.29 is 9.13 Å². The molecule has 0 bridgehead atoms. The molecule has 3 rings (SSSR count). The maximum Gasteiger partial charge on any atom is 0.194 e. The summed E-state index contributed by atoms with van der Waals surface area (Å²) in [4.78, 5) is 9.38. The highest BCUT2D eigenvalue weighted by molar-refractivity contribution is 14.0. The van der Waals surface area contributed by atoms with Gasteiger partial charge in [0.1, 0.15) is 0 Å². The number of rotatable bonds is 5. The monoisotopic (exact) mass is 504 g/mol. The summed E-state index contributed by atoms with van der Waals surface area (Å²) >= 11 is 1.78. The summed E-state index contributed by atoms with van der Waals surface area (Å²) in [6.45, 7) is 7.09. The van der Waals surface area contributed by atoms with Crippen molar-refractivity contribution in [2.24, 2.45) is 4.99 Å². The molecule has 148 valence electrons. The van der Waals surface area contributed by atoms with Crippen molar-refractivity contribution in [1.82, 2.24) is 10.2 Å². The van der Waals surface area contributed by atoms with E-state index in [1.165, 1.54) is 18.2 Å². The summed E-state index contributed by atoms with van der Waals surface area (Å²) in [5.41, 5.74) is 0.830. The molecule has 2 aromatic rings. The highest BCUT2D eigenvalue weighted by Gasteiger charge is 2.20. The predicted molar refractivity (Wildman–Crippen MR) is 121 cm³/mol. The standard InChI is InChI=1S/C19H25FN4OS.HI/c1-3-21-19(22-14-15-6-7-17(25-2)16(20)13-15)24-10-8-23(9-11-24)18-5-4-12-26-18;/h4-7,12-13H,3,8-11,14H2,1-2H3,(H,21,22);1H. The molecule has 5 nitrogen and oxygen atoms in total. The van der Waals surface area contributed by atoms with Gasteiger partial charge in [0.25, 0.3) is 0 Å². The molecule has 1 saturated heterocycles. The zero-order chi connectivity index (χ0) is 18.4. The Labute approximate surface area is 181 Å². The lowest BCUT2D eigenvalue weighted by atomic mass is 10.2. The van der Waals surface area contributed by atoms with Gasteiger partial charge >= 0.3 is 0 Å². The Morgan fingerprint density at radius 2 is 2.04 bits per heavy atom. The zero-order valence-electron chi connectivity index (χ0n) is 15.7. The molecule has 2 heterocycles. The van der Waals surface area contributed by atoms with Crippen molar-refractivity contribution in [2.75, 3.05) is 44.7 Å². The fourth-order valence-electron chi connectivity index (χ4n) is 2.99. The summed E-state index contributed by atoms with van der Waals surface area (Å²) in [5, 5.41) is 6.78. The van der Waals surface area contributed by atoms with E-state index in [9.17, 15) is 4.39 Å². The lowest BCUT2D eigenvalue weighted by Gasteiger charge is -2.37. The lowest BCUT2D eigenvalue weighted by Crippen LogP contribution is -2.52. The molecule has 0 saturated carbocycles. The summed E-state index contributed by atoms with van der Waals surface area (Å²) in [7, 11) is 1.47. The highest BCUT2D eigenvalue weighted by atomic mass is 127. The molecule has 0 amide bonds. The van der Waals surface area contributed by atoms with Gasteiger partial charge in [-0.3, -0.25) is 0 Å². The van der Waals surface area contributed by atoms with Crippen molar-refractivity contribution in [3.8, 4) is 5.75 Å². The van der Waals surface area contributed by atoms with E-state index >= 15 is 0 Å². The Balaban J connectivity index is 0.00000261. The third kappa shape index (κ3) is 5.71.